The van der Waals surface area contributed by atoms with E-state index in [1.165, 1.54) is 24.2 Å². The Kier molecular flexibility index (Phi) is 4.09. The van der Waals surface area contributed by atoms with Gasteiger partial charge in [-0.25, -0.2) is 0 Å². The van der Waals surface area contributed by atoms with E-state index in [9.17, 15) is 0 Å². The maximum Gasteiger partial charge on any atom is 0.294 e. The third-order valence-electron chi connectivity index (χ3n) is 2.27. The molecule has 0 spiro atoms. The van der Waals surface area contributed by atoms with Crippen LogP contribution >= 0.6 is 11.3 Å². The van der Waals surface area contributed by atoms with Crippen molar-refractivity contribution in [2.75, 3.05) is 13.7 Å². The molecule has 1 saturated carbocycles. The normalized spacial score (nSPS) is 17.4. The lowest BCUT2D eigenvalue weighted by Gasteiger charge is -2.09. The summed E-state index contributed by atoms with van der Waals surface area (Å²) < 4.78 is 10.5. The van der Waals surface area contributed by atoms with E-state index in [-0.39, 0.29) is 6.10 Å². The first-order valence-electron chi connectivity index (χ1n) is 5.49. The number of methoxy groups -OCH3 is 1. The summed E-state index contributed by atoms with van der Waals surface area (Å²) in [5.41, 5.74) is 0. The largest absolute Gasteiger partial charge is 0.463 e. The van der Waals surface area contributed by atoms with Gasteiger partial charge in [-0.2, -0.15) is 0 Å². The van der Waals surface area contributed by atoms with Crippen molar-refractivity contribution < 1.29 is 9.47 Å². The molecule has 1 aliphatic rings. The van der Waals surface area contributed by atoms with Crippen molar-refractivity contribution in [3.63, 3.8) is 0 Å². The number of hydrogen-bond donors (Lipinski definition) is 1. The first-order chi connectivity index (χ1) is 7.78. The Balaban J connectivity index is 1.76. The average molecular weight is 243 g/mol. The van der Waals surface area contributed by atoms with E-state index >= 15 is 0 Å². The molecule has 0 radical (unpaired) electrons. The van der Waals surface area contributed by atoms with Crippen LogP contribution in [-0.4, -0.2) is 36.1 Å². The highest BCUT2D eigenvalue weighted by Gasteiger charge is 2.20. The Labute approximate surface area is 99.2 Å². The van der Waals surface area contributed by atoms with E-state index in [1.807, 2.05) is 6.92 Å². The predicted molar refractivity (Wildman–Crippen MR) is 61.7 cm³/mol. The standard InChI is InChI=1S/C10H17N3O2S/c1-7(6-14-2)15-10-13-12-9(16-10)5-11-8-3-4-8/h7-8,11H,3-6H2,1-2H3. The first kappa shape index (κ1) is 11.8. The second kappa shape index (κ2) is 5.56. The van der Waals surface area contributed by atoms with Crippen molar-refractivity contribution in [3.8, 4) is 5.19 Å². The van der Waals surface area contributed by atoms with Crippen molar-refractivity contribution in [3.05, 3.63) is 5.01 Å². The van der Waals surface area contributed by atoms with E-state index in [2.05, 4.69) is 15.5 Å². The van der Waals surface area contributed by atoms with Gasteiger partial charge in [-0.15, -0.1) is 5.10 Å². The molecule has 0 aliphatic heterocycles. The van der Waals surface area contributed by atoms with Gasteiger partial charge >= 0.3 is 0 Å². The van der Waals surface area contributed by atoms with E-state index in [1.54, 1.807) is 7.11 Å². The summed E-state index contributed by atoms with van der Waals surface area (Å²) in [6.07, 6.45) is 2.59. The molecular formula is C10H17N3O2S. The molecule has 2 rings (SSSR count). The van der Waals surface area contributed by atoms with E-state index < -0.39 is 0 Å². The minimum Gasteiger partial charge on any atom is -0.463 e. The molecule has 1 atom stereocenters. The summed E-state index contributed by atoms with van der Waals surface area (Å²) in [5.74, 6) is 0. The maximum atomic E-state index is 5.55. The fraction of sp³-hybridized carbons (Fsp3) is 0.800. The van der Waals surface area contributed by atoms with Crippen molar-refractivity contribution >= 4 is 11.3 Å². The Morgan fingerprint density at radius 1 is 1.50 bits per heavy atom. The van der Waals surface area contributed by atoms with Crippen molar-refractivity contribution in [2.45, 2.75) is 38.5 Å². The number of nitrogens with one attached hydrogen (secondary N) is 1. The second-order valence-corrected chi connectivity index (χ2v) is 5.03. The predicted octanol–water partition coefficient (Wildman–Crippen LogP) is 1.20. The van der Waals surface area contributed by atoms with Gasteiger partial charge in [0.1, 0.15) is 11.1 Å². The van der Waals surface area contributed by atoms with Crippen LogP contribution in [0.15, 0.2) is 0 Å². The average Bonchev–Trinajstić information content (AvgIpc) is 2.98. The van der Waals surface area contributed by atoms with E-state index in [0.29, 0.717) is 17.8 Å². The molecule has 6 heteroatoms. The fourth-order valence-electron chi connectivity index (χ4n) is 1.32. The molecule has 90 valence electrons. The molecule has 0 saturated heterocycles. The molecule has 1 aromatic heterocycles. The zero-order valence-corrected chi connectivity index (χ0v) is 10.4. The van der Waals surface area contributed by atoms with E-state index in [0.717, 1.165) is 11.6 Å². The van der Waals surface area contributed by atoms with Crippen LogP contribution in [0.4, 0.5) is 0 Å². The van der Waals surface area contributed by atoms with Crippen LogP contribution in [0.25, 0.3) is 0 Å². The topological polar surface area (TPSA) is 56.3 Å². The number of aromatic nitrogens is 2. The third kappa shape index (κ3) is 3.70. The molecule has 1 heterocycles. The van der Waals surface area contributed by atoms with Gasteiger partial charge in [0.15, 0.2) is 0 Å². The van der Waals surface area contributed by atoms with Crippen LogP contribution in [0.2, 0.25) is 0 Å². The van der Waals surface area contributed by atoms with Gasteiger partial charge in [-0.3, -0.25) is 0 Å². The van der Waals surface area contributed by atoms with Crippen LogP contribution < -0.4 is 10.1 Å². The van der Waals surface area contributed by atoms with Crippen LogP contribution in [0.1, 0.15) is 24.8 Å². The van der Waals surface area contributed by atoms with Gasteiger partial charge in [0.05, 0.1) is 13.2 Å². The second-order valence-electron chi connectivity index (χ2n) is 4.00. The van der Waals surface area contributed by atoms with Gasteiger partial charge in [-0.05, 0) is 19.8 Å². The van der Waals surface area contributed by atoms with Gasteiger partial charge < -0.3 is 14.8 Å². The smallest absolute Gasteiger partial charge is 0.294 e. The molecule has 1 fully saturated rings. The highest BCUT2D eigenvalue weighted by molar-refractivity contribution is 7.13. The molecule has 1 unspecified atom stereocenters. The Hall–Kier alpha value is -0.720. The van der Waals surface area contributed by atoms with Gasteiger partial charge in [0.2, 0.25) is 0 Å². The van der Waals surface area contributed by atoms with Gasteiger partial charge in [0.25, 0.3) is 5.19 Å². The summed E-state index contributed by atoms with van der Waals surface area (Å²) >= 11 is 1.49. The number of ether oxygens (including phenoxy) is 2. The summed E-state index contributed by atoms with van der Waals surface area (Å²) in [6, 6.07) is 0.695. The lowest BCUT2D eigenvalue weighted by atomic mass is 10.4. The van der Waals surface area contributed by atoms with Gasteiger partial charge in [0, 0.05) is 13.2 Å². The van der Waals surface area contributed by atoms with Crippen LogP contribution in [0.5, 0.6) is 5.19 Å². The number of hydrogen-bond acceptors (Lipinski definition) is 6. The van der Waals surface area contributed by atoms with Crippen LogP contribution in [-0.2, 0) is 11.3 Å². The quantitative estimate of drug-likeness (QED) is 0.780. The summed E-state index contributed by atoms with van der Waals surface area (Å²) in [5, 5.41) is 13.0. The molecule has 0 amide bonds. The lowest BCUT2D eigenvalue weighted by Crippen LogP contribution is -2.17. The molecule has 0 aromatic carbocycles. The van der Waals surface area contributed by atoms with E-state index in [4.69, 9.17) is 9.47 Å². The zero-order chi connectivity index (χ0) is 11.4. The van der Waals surface area contributed by atoms with Crippen LogP contribution in [0.3, 0.4) is 0 Å². The molecule has 1 aromatic rings. The van der Waals surface area contributed by atoms with Crippen molar-refractivity contribution in [1.29, 1.82) is 0 Å². The number of rotatable bonds is 7. The molecule has 5 nitrogen and oxygen atoms in total. The molecule has 0 bridgehead atoms. The maximum absolute atomic E-state index is 5.55. The van der Waals surface area contributed by atoms with Crippen molar-refractivity contribution in [2.24, 2.45) is 0 Å². The lowest BCUT2D eigenvalue weighted by molar-refractivity contribution is 0.0914. The summed E-state index contributed by atoms with van der Waals surface area (Å²) in [6.45, 7) is 3.31. The molecular weight excluding hydrogens is 226 g/mol. The summed E-state index contributed by atoms with van der Waals surface area (Å²) in [7, 11) is 1.66. The molecule has 1 N–H and O–H groups in total. The Morgan fingerprint density at radius 3 is 3.00 bits per heavy atom. The highest BCUT2D eigenvalue weighted by Crippen LogP contribution is 2.22. The zero-order valence-electron chi connectivity index (χ0n) is 9.60. The first-order valence-corrected chi connectivity index (χ1v) is 6.31. The fourth-order valence-corrected chi connectivity index (χ4v) is 2.05. The minimum absolute atomic E-state index is 0.0159. The summed E-state index contributed by atoms with van der Waals surface area (Å²) in [4.78, 5) is 0. The monoisotopic (exact) mass is 243 g/mol. The Morgan fingerprint density at radius 2 is 2.31 bits per heavy atom. The number of nitrogens with zero attached hydrogens (tertiary/aromatic N) is 2. The minimum atomic E-state index is 0.0159. The molecule has 16 heavy (non-hydrogen) atoms. The SMILES string of the molecule is COCC(C)Oc1nnc(CNC2CC2)s1. The molecule has 1 aliphatic carbocycles. The van der Waals surface area contributed by atoms with Crippen LogP contribution in [0, 0.1) is 0 Å². The van der Waals surface area contributed by atoms with Crippen molar-refractivity contribution in [1.82, 2.24) is 15.5 Å². The highest BCUT2D eigenvalue weighted by atomic mass is 32.1. The van der Waals surface area contributed by atoms with Gasteiger partial charge in [-0.1, -0.05) is 16.4 Å². The third-order valence-corrected chi connectivity index (χ3v) is 3.09. The Bertz CT molecular complexity index is 328.